The fourth-order valence-corrected chi connectivity index (χ4v) is 2.15. The predicted molar refractivity (Wildman–Crippen MR) is 78.1 cm³/mol. The van der Waals surface area contributed by atoms with Gasteiger partial charge in [0.25, 0.3) is 0 Å². The molecule has 106 valence electrons. The van der Waals surface area contributed by atoms with Crippen molar-refractivity contribution in [3.63, 3.8) is 0 Å². The van der Waals surface area contributed by atoms with Gasteiger partial charge in [0.15, 0.2) is 0 Å². The smallest absolute Gasteiger partial charge is 0.223 e. The van der Waals surface area contributed by atoms with Crippen LogP contribution in [0.2, 0.25) is 10.0 Å². The molecule has 1 heterocycles. The topological polar surface area (TPSA) is 34.2 Å². The summed E-state index contributed by atoms with van der Waals surface area (Å²) in [4.78, 5) is 3.96. The molecule has 0 saturated carbocycles. The van der Waals surface area contributed by atoms with Gasteiger partial charge in [0, 0.05) is 22.2 Å². The molecule has 3 nitrogen and oxygen atoms in total. The Balaban J connectivity index is 2.27. The molecule has 1 aromatic carbocycles. The van der Waals surface area contributed by atoms with Crippen molar-refractivity contribution in [3.8, 4) is 11.6 Å². The third kappa shape index (κ3) is 4.07. The first kappa shape index (κ1) is 15.0. The van der Waals surface area contributed by atoms with Crippen LogP contribution in [0.15, 0.2) is 30.5 Å². The fraction of sp³-hybridized carbons (Fsp3) is 0.214. The van der Waals surface area contributed by atoms with E-state index in [2.05, 4.69) is 10.3 Å². The monoisotopic (exact) mass is 314 g/mol. The van der Waals surface area contributed by atoms with E-state index in [1.54, 1.807) is 18.2 Å². The predicted octanol–water partition coefficient (Wildman–Crippen LogP) is 4.43. The molecular formula is C14H13Cl2FN2O. The zero-order chi connectivity index (χ0) is 14.5. The van der Waals surface area contributed by atoms with E-state index in [9.17, 15) is 4.39 Å². The van der Waals surface area contributed by atoms with E-state index in [0.717, 1.165) is 12.7 Å². The maximum absolute atomic E-state index is 13.3. The van der Waals surface area contributed by atoms with Crippen LogP contribution in [-0.4, -0.2) is 11.5 Å². The van der Waals surface area contributed by atoms with Gasteiger partial charge in [0.2, 0.25) is 5.88 Å². The Morgan fingerprint density at radius 3 is 2.55 bits per heavy atom. The first-order chi connectivity index (χ1) is 9.58. The Kier molecular flexibility index (Phi) is 5.17. The number of halogens is 3. The number of ether oxygens (including phenoxy) is 1. The number of hydrogen-bond acceptors (Lipinski definition) is 3. The van der Waals surface area contributed by atoms with Gasteiger partial charge in [-0.15, -0.1) is 0 Å². The number of nitrogens with zero attached hydrogens (tertiary/aromatic N) is 1. The molecular weight excluding hydrogens is 302 g/mol. The van der Waals surface area contributed by atoms with E-state index < -0.39 is 5.82 Å². The third-order valence-electron chi connectivity index (χ3n) is 2.51. The standard InChI is InChI=1S/C14H13Cl2FN2O/c1-2-18-7-9-3-12(17)8-19-14(9)20-13-5-10(15)4-11(16)6-13/h3-6,8,18H,2,7H2,1H3. The number of rotatable bonds is 5. The normalized spacial score (nSPS) is 10.6. The van der Waals surface area contributed by atoms with Crippen LogP contribution >= 0.6 is 23.2 Å². The van der Waals surface area contributed by atoms with E-state index in [0.29, 0.717) is 33.8 Å². The molecule has 0 amide bonds. The van der Waals surface area contributed by atoms with E-state index in [1.165, 1.54) is 6.07 Å². The van der Waals surface area contributed by atoms with Crippen LogP contribution in [0.3, 0.4) is 0 Å². The quantitative estimate of drug-likeness (QED) is 0.886. The Morgan fingerprint density at radius 2 is 1.90 bits per heavy atom. The van der Waals surface area contributed by atoms with Crippen LogP contribution in [0.25, 0.3) is 0 Å². The molecule has 6 heteroatoms. The summed E-state index contributed by atoms with van der Waals surface area (Å²) < 4.78 is 18.9. The molecule has 0 aliphatic carbocycles. The van der Waals surface area contributed by atoms with Crippen molar-refractivity contribution in [1.29, 1.82) is 0 Å². The summed E-state index contributed by atoms with van der Waals surface area (Å²) in [5.41, 5.74) is 0.628. The second-order valence-corrected chi connectivity index (χ2v) is 4.98. The lowest BCUT2D eigenvalue weighted by Crippen LogP contribution is -2.13. The summed E-state index contributed by atoms with van der Waals surface area (Å²) in [6.45, 7) is 3.19. The summed E-state index contributed by atoms with van der Waals surface area (Å²) in [6.07, 6.45) is 1.11. The molecule has 0 bridgehead atoms. The summed E-state index contributed by atoms with van der Waals surface area (Å²) in [7, 11) is 0. The van der Waals surface area contributed by atoms with Crippen LogP contribution in [0.5, 0.6) is 11.6 Å². The lowest BCUT2D eigenvalue weighted by atomic mass is 10.2. The number of aromatic nitrogens is 1. The van der Waals surface area contributed by atoms with E-state index >= 15 is 0 Å². The Bertz CT molecular complexity index is 587. The number of pyridine rings is 1. The maximum atomic E-state index is 13.3. The highest BCUT2D eigenvalue weighted by atomic mass is 35.5. The number of benzene rings is 1. The number of hydrogen-bond donors (Lipinski definition) is 1. The highest BCUT2D eigenvalue weighted by Crippen LogP contribution is 2.29. The first-order valence-electron chi connectivity index (χ1n) is 6.07. The average Bonchev–Trinajstić information content (AvgIpc) is 2.38. The second-order valence-electron chi connectivity index (χ2n) is 4.11. The van der Waals surface area contributed by atoms with Crippen molar-refractivity contribution < 1.29 is 9.13 Å². The molecule has 1 N–H and O–H groups in total. The molecule has 20 heavy (non-hydrogen) atoms. The Labute approximate surface area is 126 Å². The largest absolute Gasteiger partial charge is 0.439 e. The van der Waals surface area contributed by atoms with Gasteiger partial charge in [-0.1, -0.05) is 30.1 Å². The minimum absolute atomic E-state index is 0.325. The zero-order valence-electron chi connectivity index (χ0n) is 10.8. The summed E-state index contributed by atoms with van der Waals surface area (Å²) in [5.74, 6) is 0.374. The average molecular weight is 315 g/mol. The Morgan fingerprint density at radius 1 is 1.20 bits per heavy atom. The molecule has 0 saturated heterocycles. The fourth-order valence-electron chi connectivity index (χ4n) is 1.65. The van der Waals surface area contributed by atoms with E-state index in [-0.39, 0.29) is 0 Å². The number of nitrogens with one attached hydrogen (secondary N) is 1. The Hall–Kier alpha value is -1.36. The molecule has 0 fully saturated rings. The van der Waals surface area contributed by atoms with E-state index in [4.69, 9.17) is 27.9 Å². The lowest BCUT2D eigenvalue weighted by molar-refractivity contribution is 0.449. The first-order valence-corrected chi connectivity index (χ1v) is 6.83. The van der Waals surface area contributed by atoms with Gasteiger partial charge in [0.05, 0.1) is 6.20 Å². The van der Waals surface area contributed by atoms with Crippen LogP contribution in [0.1, 0.15) is 12.5 Å². The van der Waals surface area contributed by atoms with Gasteiger partial charge in [-0.25, -0.2) is 9.37 Å². The van der Waals surface area contributed by atoms with Crippen molar-refractivity contribution in [3.05, 3.63) is 51.9 Å². The van der Waals surface area contributed by atoms with Crippen LogP contribution in [-0.2, 0) is 6.54 Å². The maximum Gasteiger partial charge on any atom is 0.223 e. The zero-order valence-corrected chi connectivity index (χ0v) is 12.3. The molecule has 0 aliphatic heterocycles. The van der Waals surface area contributed by atoms with Crippen molar-refractivity contribution >= 4 is 23.2 Å². The van der Waals surface area contributed by atoms with Gasteiger partial charge < -0.3 is 10.1 Å². The molecule has 0 unspecified atom stereocenters. The van der Waals surface area contributed by atoms with Crippen molar-refractivity contribution in [2.75, 3.05) is 6.54 Å². The van der Waals surface area contributed by atoms with Gasteiger partial charge in [-0.3, -0.25) is 0 Å². The highest BCUT2D eigenvalue weighted by Gasteiger charge is 2.09. The van der Waals surface area contributed by atoms with Crippen LogP contribution in [0, 0.1) is 5.82 Å². The van der Waals surface area contributed by atoms with Gasteiger partial charge >= 0.3 is 0 Å². The van der Waals surface area contributed by atoms with Crippen molar-refractivity contribution in [1.82, 2.24) is 10.3 Å². The molecule has 2 aromatic rings. The second kappa shape index (κ2) is 6.88. The molecule has 2 rings (SSSR count). The van der Waals surface area contributed by atoms with Gasteiger partial charge in [-0.05, 0) is 30.8 Å². The highest BCUT2D eigenvalue weighted by molar-refractivity contribution is 6.34. The molecule has 0 atom stereocenters. The molecule has 0 radical (unpaired) electrons. The van der Waals surface area contributed by atoms with Gasteiger partial charge in [-0.2, -0.15) is 0 Å². The summed E-state index contributed by atoms with van der Waals surface area (Å²) >= 11 is 11.8. The SMILES string of the molecule is CCNCc1cc(F)cnc1Oc1cc(Cl)cc(Cl)c1. The summed E-state index contributed by atoms with van der Waals surface area (Å²) in [5, 5.41) is 4.02. The van der Waals surface area contributed by atoms with Gasteiger partial charge in [0.1, 0.15) is 11.6 Å². The molecule has 0 spiro atoms. The van der Waals surface area contributed by atoms with Crippen molar-refractivity contribution in [2.45, 2.75) is 13.5 Å². The van der Waals surface area contributed by atoms with Crippen molar-refractivity contribution in [2.24, 2.45) is 0 Å². The summed E-state index contributed by atoms with van der Waals surface area (Å²) in [6, 6.07) is 6.23. The van der Waals surface area contributed by atoms with Crippen LogP contribution in [0.4, 0.5) is 4.39 Å². The minimum Gasteiger partial charge on any atom is -0.439 e. The van der Waals surface area contributed by atoms with E-state index in [1.807, 2.05) is 6.92 Å². The lowest BCUT2D eigenvalue weighted by Gasteiger charge is -2.11. The van der Waals surface area contributed by atoms with Crippen LogP contribution < -0.4 is 10.1 Å². The minimum atomic E-state index is -0.408. The molecule has 0 aliphatic rings. The third-order valence-corrected chi connectivity index (χ3v) is 2.94. The molecule has 1 aromatic heterocycles.